The quantitative estimate of drug-likeness (QED) is 0.325. The average Bonchev–Trinajstić information content (AvgIpc) is 2.83. The maximum absolute atomic E-state index is 13.3. The smallest absolute Gasteiger partial charge is 0.240 e. The Hall–Kier alpha value is -3.29. The van der Waals surface area contributed by atoms with Crippen LogP contribution in [0.25, 0.3) is 0 Å². The molecular formula is C28H29ClN2O2. The van der Waals surface area contributed by atoms with E-state index in [4.69, 9.17) is 16.3 Å². The van der Waals surface area contributed by atoms with Crippen molar-refractivity contribution in [3.05, 3.63) is 100 Å². The molecule has 5 heteroatoms. The third-order valence-corrected chi connectivity index (χ3v) is 6.11. The van der Waals surface area contributed by atoms with Gasteiger partial charge in [-0.25, -0.2) is 0 Å². The minimum absolute atomic E-state index is 0.150. The van der Waals surface area contributed by atoms with E-state index in [0.29, 0.717) is 32.5 Å². The van der Waals surface area contributed by atoms with Crippen molar-refractivity contribution in [3.63, 3.8) is 0 Å². The summed E-state index contributed by atoms with van der Waals surface area (Å²) >= 11 is 6.22. The maximum Gasteiger partial charge on any atom is 0.240 e. The molecule has 170 valence electrons. The number of nitrogens with zero attached hydrogens (tertiary/aromatic N) is 2. The van der Waals surface area contributed by atoms with Crippen molar-refractivity contribution in [2.75, 3.05) is 6.61 Å². The van der Waals surface area contributed by atoms with Crippen LogP contribution < -0.4 is 4.74 Å². The van der Waals surface area contributed by atoms with E-state index in [1.807, 2.05) is 86.6 Å². The lowest BCUT2D eigenvalue weighted by molar-refractivity contribution is -0.135. The van der Waals surface area contributed by atoms with Crippen molar-refractivity contribution < 1.29 is 9.53 Å². The van der Waals surface area contributed by atoms with Crippen LogP contribution in [0.3, 0.4) is 0 Å². The van der Waals surface area contributed by atoms with Gasteiger partial charge in [-0.3, -0.25) is 4.79 Å². The first-order chi connectivity index (χ1) is 16.0. The molecule has 4 nitrogen and oxygen atoms in total. The largest absolute Gasteiger partial charge is 0.494 e. The van der Waals surface area contributed by atoms with Crippen LogP contribution in [0.15, 0.2) is 72.8 Å². The number of aryl methyl sites for hydroxylation is 2. The Kier molecular flexibility index (Phi) is 8.92. The van der Waals surface area contributed by atoms with Crippen LogP contribution in [-0.2, 0) is 17.9 Å². The second kappa shape index (κ2) is 12.1. The summed E-state index contributed by atoms with van der Waals surface area (Å²) in [5.41, 5.74) is 4.01. The number of benzene rings is 3. The lowest BCUT2D eigenvalue weighted by Crippen LogP contribution is -2.35. The van der Waals surface area contributed by atoms with Crippen molar-refractivity contribution in [1.82, 2.24) is 4.90 Å². The number of amides is 1. The second-order valence-corrected chi connectivity index (χ2v) is 8.59. The van der Waals surface area contributed by atoms with Crippen LogP contribution >= 0.6 is 11.6 Å². The Bertz CT molecular complexity index is 1030. The summed E-state index contributed by atoms with van der Waals surface area (Å²) in [6.45, 7) is 5.25. The maximum atomic E-state index is 13.3. The lowest BCUT2D eigenvalue weighted by atomic mass is 10.0. The molecule has 0 radical (unpaired) electrons. The first-order valence-electron chi connectivity index (χ1n) is 11.1. The molecule has 0 aromatic heterocycles. The first-order valence-corrected chi connectivity index (χ1v) is 11.5. The fraction of sp³-hybridized carbons (Fsp3) is 0.286. The Morgan fingerprint density at radius 1 is 0.970 bits per heavy atom. The van der Waals surface area contributed by atoms with Gasteiger partial charge >= 0.3 is 0 Å². The van der Waals surface area contributed by atoms with Gasteiger partial charge in [0, 0.05) is 18.1 Å². The summed E-state index contributed by atoms with van der Waals surface area (Å²) in [5.74, 6) is -0.109. The van der Waals surface area contributed by atoms with Crippen molar-refractivity contribution >= 4 is 17.5 Å². The number of rotatable bonds is 10. The zero-order valence-corrected chi connectivity index (χ0v) is 19.9. The highest BCUT2D eigenvalue weighted by Gasteiger charge is 2.24. The number of carbonyl (C=O) groups is 1. The van der Waals surface area contributed by atoms with Crippen molar-refractivity contribution in [1.29, 1.82) is 5.26 Å². The highest BCUT2D eigenvalue weighted by molar-refractivity contribution is 6.32. The molecule has 1 amide bonds. The van der Waals surface area contributed by atoms with E-state index in [0.717, 1.165) is 33.0 Å². The van der Waals surface area contributed by atoms with Gasteiger partial charge in [0.2, 0.25) is 5.91 Å². The van der Waals surface area contributed by atoms with Crippen LogP contribution in [0.1, 0.15) is 35.1 Å². The molecule has 1 atom stereocenters. The van der Waals surface area contributed by atoms with Gasteiger partial charge in [0.15, 0.2) is 0 Å². The monoisotopic (exact) mass is 460 g/mol. The summed E-state index contributed by atoms with van der Waals surface area (Å²) in [7, 11) is 0. The fourth-order valence-corrected chi connectivity index (χ4v) is 3.86. The molecule has 0 aliphatic heterocycles. The predicted octanol–water partition coefficient (Wildman–Crippen LogP) is 6.48. The van der Waals surface area contributed by atoms with Crippen LogP contribution in [0.5, 0.6) is 5.75 Å². The van der Waals surface area contributed by atoms with Gasteiger partial charge in [-0.15, -0.1) is 0 Å². The SMILES string of the molecule is Cc1cc(OCCCC(C#N)C(=O)N(Cc2ccccc2)Cc2ccccc2)cc(C)c1Cl. The molecule has 0 aliphatic carbocycles. The Labute approximate surface area is 201 Å². The third kappa shape index (κ3) is 7.10. The number of nitriles is 1. The van der Waals surface area contributed by atoms with E-state index in [1.165, 1.54) is 0 Å². The van der Waals surface area contributed by atoms with Crippen LogP contribution in [-0.4, -0.2) is 17.4 Å². The Balaban J connectivity index is 1.62. The summed E-state index contributed by atoms with van der Waals surface area (Å²) in [6, 6.07) is 25.8. The molecule has 0 N–H and O–H groups in total. The summed E-state index contributed by atoms with van der Waals surface area (Å²) in [5, 5.41) is 10.5. The first kappa shape index (κ1) is 24.4. The van der Waals surface area contributed by atoms with E-state index >= 15 is 0 Å². The molecule has 3 aromatic carbocycles. The highest BCUT2D eigenvalue weighted by Crippen LogP contribution is 2.26. The van der Waals surface area contributed by atoms with E-state index in [9.17, 15) is 10.1 Å². The zero-order valence-electron chi connectivity index (χ0n) is 19.1. The molecule has 0 saturated carbocycles. The van der Waals surface area contributed by atoms with Crippen molar-refractivity contribution in [2.24, 2.45) is 5.92 Å². The molecule has 0 heterocycles. The van der Waals surface area contributed by atoms with Gasteiger partial charge in [-0.1, -0.05) is 72.3 Å². The second-order valence-electron chi connectivity index (χ2n) is 8.21. The molecular weight excluding hydrogens is 432 g/mol. The van der Waals surface area contributed by atoms with Crippen LogP contribution in [0.2, 0.25) is 5.02 Å². The lowest BCUT2D eigenvalue weighted by Gasteiger charge is -2.25. The number of carbonyl (C=O) groups excluding carboxylic acids is 1. The normalized spacial score (nSPS) is 11.5. The zero-order chi connectivity index (χ0) is 23.6. The van der Waals surface area contributed by atoms with Gasteiger partial charge in [-0.05, 0) is 61.1 Å². The molecule has 33 heavy (non-hydrogen) atoms. The van der Waals surface area contributed by atoms with Gasteiger partial charge in [0.25, 0.3) is 0 Å². The van der Waals surface area contributed by atoms with Gasteiger partial charge in [-0.2, -0.15) is 5.26 Å². The van der Waals surface area contributed by atoms with Gasteiger partial charge in [0.05, 0.1) is 12.7 Å². The van der Waals surface area contributed by atoms with Crippen molar-refractivity contribution in [2.45, 2.75) is 39.8 Å². The third-order valence-electron chi connectivity index (χ3n) is 5.51. The predicted molar refractivity (Wildman–Crippen MR) is 132 cm³/mol. The van der Waals surface area contributed by atoms with Crippen LogP contribution in [0.4, 0.5) is 0 Å². The topological polar surface area (TPSA) is 53.3 Å². The van der Waals surface area contributed by atoms with Crippen LogP contribution in [0, 0.1) is 31.1 Å². The number of ether oxygens (including phenoxy) is 1. The summed E-state index contributed by atoms with van der Waals surface area (Å²) in [4.78, 5) is 15.1. The van der Waals surface area contributed by atoms with Crippen molar-refractivity contribution in [3.8, 4) is 11.8 Å². The standard InChI is InChI=1S/C28H29ClN2O2/c1-21-16-26(17-22(2)27(21)29)33-15-9-14-25(18-30)28(32)31(19-23-10-5-3-6-11-23)20-24-12-7-4-8-13-24/h3-8,10-13,16-17,25H,9,14-15,19-20H2,1-2H3. The molecule has 0 spiro atoms. The number of hydrogen-bond donors (Lipinski definition) is 0. The Morgan fingerprint density at radius 3 is 1.97 bits per heavy atom. The molecule has 3 rings (SSSR count). The molecule has 0 bridgehead atoms. The molecule has 0 aliphatic rings. The number of halogens is 1. The summed E-state index contributed by atoms with van der Waals surface area (Å²) in [6.07, 6.45) is 1.05. The van der Waals surface area contributed by atoms with E-state index in [-0.39, 0.29) is 5.91 Å². The summed E-state index contributed by atoms with van der Waals surface area (Å²) < 4.78 is 5.86. The minimum Gasteiger partial charge on any atom is -0.494 e. The molecule has 0 saturated heterocycles. The molecule has 3 aromatic rings. The van der Waals surface area contributed by atoms with E-state index in [1.54, 1.807) is 4.90 Å². The Morgan fingerprint density at radius 2 is 1.48 bits per heavy atom. The van der Waals surface area contributed by atoms with E-state index < -0.39 is 5.92 Å². The average molecular weight is 461 g/mol. The highest BCUT2D eigenvalue weighted by atomic mass is 35.5. The fourth-order valence-electron chi connectivity index (χ4n) is 3.75. The van der Waals surface area contributed by atoms with Gasteiger partial charge in [0.1, 0.15) is 11.7 Å². The van der Waals surface area contributed by atoms with E-state index in [2.05, 4.69) is 6.07 Å². The minimum atomic E-state index is -0.713. The molecule has 1 unspecified atom stereocenters. The number of hydrogen-bond acceptors (Lipinski definition) is 3. The van der Waals surface area contributed by atoms with Gasteiger partial charge < -0.3 is 9.64 Å². The molecule has 0 fully saturated rings.